The van der Waals surface area contributed by atoms with Crippen LogP contribution in [0.15, 0.2) is 85.2 Å². The van der Waals surface area contributed by atoms with Gasteiger partial charge in [0.25, 0.3) is 5.91 Å². The van der Waals surface area contributed by atoms with E-state index in [4.69, 9.17) is 0 Å². The smallest absolute Gasteiger partial charge is 0.254 e. The minimum Gasteiger partial charge on any atom is -0.348 e. The van der Waals surface area contributed by atoms with Crippen LogP contribution in [-0.4, -0.2) is 15.7 Å². The molecule has 6 heteroatoms. The molecule has 1 amide bonds. The average molecular weight is 403 g/mol. The molecule has 0 spiro atoms. The van der Waals surface area contributed by atoms with Gasteiger partial charge in [-0.1, -0.05) is 48.5 Å². The molecule has 0 saturated carbocycles. The lowest BCUT2D eigenvalue weighted by Crippen LogP contribution is -2.24. The first kappa shape index (κ1) is 19.5. The van der Waals surface area contributed by atoms with Crippen molar-refractivity contribution < 1.29 is 13.6 Å². The number of benzene rings is 3. The highest BCUT2D eigenvalue weighted by Gasteiger charge is 2.13. The molecule has 0 radical (unpaired) electrons. The Morgan fingerprint density at radius 3 is 2.50 bits per heavy atom. The molecule has 4 nitrogen and oxygen atoms in total. The Labute approximate surface area is 172 Å². The van der Waals surface area contributed by atoms with Crippen LogP contribution in [0.4, 0.5) is 8.78 Å². The molecule has 30 heavy (non-hydrogen) atoms. The Morgan fingerprint density at radius 2 is 1.77 bits per heavy atom. The van der Waals surface area contributed by atoms with Crippen LogP contribution in [0.25, 0.3) is 11.1 Å². The Kier molecular flexibility index (Phi) is 5.66. The number of carbonyl (C=O) groups is 1. The molecule has 0 aliphatic carbocycles. The summed E-state index contributed by atoms with van der Waals surface area (Å²) in [5.41, 5.74) is 3.82. The molecule has 4 aromatic rings. The van der Waals surface area contributed by atoms with E-state index < -0.39 is 17.5 Å². The third-order valence-electron chi connectivity index (χ3n) is 4.80. The van der Waals surface area contributed by atoms with Gasteiger partial charge in [-0.15, -0.1) is 0 Å². The van der Waals surface area contributed by atoms with Crippen molar-refractivity contribution in [1.29, 1.82) is 0 Å². The van der Waals surface area contributed by atoms with Crippen molar-refractivity contribution in [3.8, 4) is 11.1 Å². The largest absolute Gasteiger partial charge is 0.348 e. The second-order valence-corrected chi connectivity index (χ2v) is 6.86. The predicted molar refractivity (Wildman–Crippen MR) is 111 cm³/mol. The first-order valence-electron chi connectivity index (χ1n) is 9.48. The molecule has 1 heterocycles. The number of carbonyl (C=O) groups excluding carboxylic acids is 1. The van der Waals surface area contributed by atoms with E-state index in [0.717, 1.165) is 34.4 Å². The number of aromatic nitrogens is 2. The van der Waals surface area contributed by atoms with Gasteiger partial charge in [-0.05, 0) is 40.5 Å². The van der Waals surface area contributed by atoms with Crippen molar-refractivity contribution in [2.45, 2.75) is 13.1 Å². The van der Waals surface area contributed by atoms with Gasteiger partial charge in [0.05, 0.1) is 12.1 Å². The molecule has 4 rings (SSSR count). The summed E-state index contributed by atoms with van der Waals surface area (Å²) in [6.07, 6.45) is 3.66. The van der Waals surface area contributed by atoms with Gasteiger partial charge < -0.3 is 5.32 Å². The molecule has 0 atom stereocenters. The standard InChI is InChI=1S/C24H19F2N3O/c25-20-10-11-22(23(26)14-20)24(30)27-15-19-4-1-2-5-21(19)18-8-6-17(7-9-18)16-29-13-3-12-28-29/h1-14H,15-16H2,(H,27,30). The van der Waals surface area contributed by atoms with E-state index in [1.165, 1.54) is 0 Å². The van der Waals surface area contributed by atoms with Crippen LogP contribution in [0.3, 0.4) is 0 Å². The third-order valence-corrected chi connectivity index (χ3v) is 4.80. The Bertz CT molecular complexity index is 1160. The average Bonchev–Trinajstić information content (AvgIpc) is 3.26. The van der Waals surface area contributed by atoms with Crippen LogP contribution < -0.4 is 5.32 Å². The topological polar surface area (TPSA) is 46.9 Å². The normalized spacial score (nSPS) is 10.7. The summed E-state index contributed by atoms with van der Waals surface area (Å²) < 4.78 is 28.8. The first-order chi connectivity index (χ1) is 14.6. The van der Waals surface area contributed by atoms with E-state index in [-0.39, 0.29) is 12.1 Å². The highest BCUT2D eigenvalue weighted by molar-refractivity contribution is 5.94. The highest BCUT2D eigenvalue weighted by atomic mass is 19.1. The molecular formula is C24H19F2N3O. The van der Waals surface area contributed by atoms with Gasteiger partial charge >= 0.3 is 0 Å². The summed E-state index contributed by atoms with van der Waals surface area (Å²) in [4.78, 5) is 12.3. The highest BCUT2D eigenvalue weighted by Crippen LogP contribution is 2.24. The lowest BCUT2D eigenvalue weighted by atomic mass is 9.98. The minimum absolute atomic E-state index is 0.183. The van der Waals surface area contributed by atoms with Crippen LogP contribution in [0, 0.1) is 11.6 Å². The van der Waals surface area contributed by atoms with E-state index in [0.29, 0.717) is 12.6 Å². The second-order valence-electron chi connectivity index (χ2n) is 6.86. The van der Waals surface area contributed by atoms with Crippen molar-refractivity contribution in [3.63, 3.8) is 0 Å². The fourth-order valence-corrected chi connectivity index (χ4v) is 3.27. The van der Waals surface area contributed by atoms with Gasteiger partial charge in [0.15, 0.2) is 0 Å². The minimum atomic E-state index is -0.881. The van der Waals surface area contributed by atoms with Gasteiger partial charge in [-0.25, -0.2) is 8.78 Å². The van der Waals surface area contributed by atoms with Crippen LogP contribution in [0.2, 0.25) is 0 Å². The summed E-state index contributed by atoms with van der Waals surface area (Å²) in [5, 5.41) is 6.93. The maximum absolute atomic E-state index is 13.8. The molecule has 0 aliphatic heterocycles. The zero-order valence-corrected chi connectivity index (χ0v) is 16.1. The van der Waals surface area contributed by atoms with E-state index in [9.17, 15) is 13.6 Å². The molecule has 1 aromatic heterocycles. The molecule has 150 valence electrons. The SMILES string of the molecule is O=C(NCc1ccccc1-c1ccc(Cn2cccn2)cc1)c1ccc(F)cc1F. The van der Waals surface area contributed by atoms with Crippen molar-refractivity contribution in [2.24, 2.45) is 0 Å². The summed E-state index contributed by atoms with van der Waals surface area (Å²) in [5.74, 6) is -2.18. The number of hydrogen-bond acceptors (Lipinski definition) is 2. The van der Waals surface area contributed by atoms with Crippen molar-refractivity contribution in [3.05, 3.63) is 114 Å². The molecule has 0 unspecified atom stereocenters. The molecule has 0 fully saturated rings. The fraction of sp³-hybridized carbons (Fsp3) is 0.0833. The quantitative estimate of drug-likeness (QED) is 0.502. The van der Waals surface area contributed by atoms with Crippen molar-refractivity contribution in [2.75, 3.05) is 0 Å². The van der Waals surface area contributed by atoms with Crippen LogP contribution in [-0.2, 0) is 13.1 Å². The van der Waals surface area contributed by atoms with E-state index >= 15 is 0 Å². The third kappa shape index (κ3) is 4.43. The maximum atomic E-state index is 13.8. The Morgan fingerprint density at radius 1 is 0.967 bits per heavy atom. The summed E-state index contributed by atoms with van der Waals surface area (Å²) in [6.45, 7) is 0.912. The number of halogens is 2. The number of nitrogens with zero attached hydrogens (tertiary/aromatic N) is 2. The lowest BCUT2D eigenvalue weighted by molar-refractivity contribution is 0.0947. The molecule has 1 N–H and O–H groups in total. The van der Waals surface area contributed by atoms with Crippen LogP contribution in [0.1, 0.15) is 21.5 Å². The number of nitrogens with one attached hydrogen (secondary N) is 1. The van der Waals surface area contributed by atoms with Gasteiger partial charge in [-0.3, -0.25) is 9.48 Å². The second kappa shape index (κ2) is 8.69. The van der Waals surface area contributed by atoms with E-state index in [2.05, 4.69) is 10.4 Å². The first-order valence-corrected chi connectivity index (χ1v) is 9.48. The number of hydrogen-bond donors (Lipinski definition) is 1. The lowest BCUT2D eigenvalue weighted by Gasteiger charge is -2.12. The molecule has 0 aliphatic rings. The molecule has 0 saturated heterocycles. The van der Waals surface area contributed by atoms with Gasteiger partial charge in [0.2, 0.25) is 0 Å². The zero-order valence-electron chi connectivity index (χ0n) is 16.1. The summed E-state index contributed by atoms with van der Waals surface area (Å²) >= 11 is 0. The fourth-order valence-electron chi connectivity index (χ4n) is 3.27. The summed E-state index contributed by atoms with van der Waals surface area (Å²) in [6, 6.07) is 20.6. The van der Waals surface area contributed by atoms with E-state index in [1.807, 2.05) is 65.5 Å². The molecule has 0 bridgehead atoms. The predicted octanol–water partition coefficient (Wildman–Crippen LogP) is 4.81. The number of amides is 1. The van der Waals surface area contributed by atoms with Crippen LogP contribution >= 0.6 is 0 Å². The molecule has 3 aromatic carbocycles. The monoisotopic (exact) mass is 403 g/mol. The van der Waals surface area contributed by atoms with Gasteiger partial charge in [-0.2, -0.15) is 5.10 Å². The maximum Gasteiger partial charge on any atom is 0.254 e. The van der Waals surface area contributed by atoms with Gasteiger partial charge in [0, 0.05) is 25.0 Å². The Hall–Kier alpha value is -3.80. The summed E-state index contributed by atoms with van der Waals surface area (Å²) in [7, 11) is 0. The molecular weight excluding hydrogens is 384 g/mol. The number of rotatable bonds is 6. The van der Waals surface area contributed by atoms with Crippen LogP contribution in [0.5, 0.6) is 0 Å². The van der Waals surface area contributed by atoms with E-state index in [1.54, 1.807) is 6.20 Å². The van der Waals surface area contributed by atoms with Crippen molar-refractivity contribution in [1.82, 2.24) is 15.1 Å². The van der Waals surface area contributed by atoms with Crippen molar-refractivity contribution >= 4 is 5.91 Å². The Balaban J connectivity index is 1.49. The van der Waals surface area contributed by atoms with Gasteiger partial charge in [0.1, 0.15) is 11.6 Å². The zero-order chi connectivity index (χ0) is 20.9.